The molecule has 0 saturated carbocycles. The number of ketones is 4. The third-order valence-corrected chi connectivity index (χ3v) is 28.3. The van der Waals surface area contributed by atoms with E-state index in [0.29, 0.717) is 25.7 Å². The van der Waals surface area contributed by atoms with Gasteiger partial charge in [-0.05, 0) is 230 Å². The molecular formula is C131H122N4O4. The molecule has 8 heteroatoms. The van der Waals surface area contributed by atoms with Gasteiger partial charge < -0.3 is 19.3 Å². The van der Waals surface area contributed by atoms with Crippen molar-refractivity contribution in [2.45, 2.75) is 163 Å². The molecule has 1 aromatic heterocycles. The van der Waals surface area contributed by atoms with Crippen molar-refractivity contribution < 1.29 is 19.2 Å². The maximum Gasteiger partial charge on any atom is 0.162 e. The minimum atomic E-state index is -0.0712. The van der Waals surface area contributed by atoms with Crippen molar-refractivity contribution >= 4 is 96.1 Å². The summed E-state index contributed by atoms with van der Waals surface area (Å²) in [6.07, 6.45) is 10.3. The highest BCUT2D eigenvalue weighted by atomic mass is 16.1. The van der Waals surface area contributed by atoms with E-state index in [9.17, 15) is 19.2 Å². The van der Waals surface area contributed by atoms with E-state index in [1.807, 2.05) is 72.8 Å². The van der Waals surface area contributed by atoms with Crippen molar-refractivity contribution in [1.29, 1.82) is 0 Å². The second-order valence-corrected chi connectivity index (χ2v) is 38.5. The van der Waals surface area contributed by atoms with Crippen LogP contribution in [0.5, 0.6) is 0 Å². The number of aromatic nitrogens is 1. The van der Waals surface area contributed by atoms with Gasteiger partial charge in [0.2, 0.25) is 0 Å². The first-order valence-corrected chi connectivity index (χ1v) is 49.8. The molecule has 21 rings (SSSR count). The average Bonchev–Trinajstić information content (AvgIpc) is 1.68. The van der Waals surface area contributed by atoms with E-state index >= 15 is 0 Å². The fourth-order valence-electron chi connectivity index (χ4n) is 20.5. The van der Waals surface area contributed by atoms with E-state index in [2.05, 4.69) is 428 Å². The molecule has 0 spiro atoms. The quantitative estimate of drug-likeness (QED) is 0.0527. The number of para-hydroxylation sites is 8. The number of hydrogen-bond acceptors (Lipinski definition) is 7. The molecule has 4 heterocycles. The van der Waals surface area contributed by atoms with Crippen molar-refractivity contribution in [1.82, 2.24) is 4.57 Å². The number of benzene rings is 17. The van der Waals surface area contributed by atoms with Crippen molar-refractivity contribution in [3.63, 3.8) is 0 Å². The van der Waals surface area contributed by atoms with E-state index in [-0.39, 0.29) is 39.4 Å². The van der Waals surface area contributed by atoms with Crippen LogP contribution in [0.15, 0.2) is 413 Å². The second kappa shape index (κ2) is 41.7. The van der Waals surface area contributed by atoms with Crippen molar-refractivity contribution in [3.05, 3.63) is 468 Å². The number of unbranched alkanes of at least 4 members (excludes halogenated alkanes) is 4. The van der Waals surface area contributed by atoms with Crippen LogP contribution in [-0.4, -0.2) is 27.7 Å². The highest BCUT2D eigenvalue weighted by molar-refractivity contribution is 6.09. The van der Waals surface area contributed by atoms with Crippen molar-refractivity contribution in [3.8, 4) is 61.3 Å². The summed E-state index contributed by atoms with van der Waals surface area (Å²) in [6, 6.07) is 145. The molecule has 0 saturated heterocycles. The fourth-order valence-corrected chi connectivity index (χ4v) is 20.5. The molecule has 690 valence electrons. The van der Waals surface area contributed by atoms with Crippen LogP contribution < -0.4 is 14.7 Å². The average molecular weight is 1820 g/mol. The Balaban J connectivity index is 0.000000124. The molecular weight excluding hydrogens is 1690 g/mol. The topological polar surface area (TPSA) is 82.9 Å². The number of Topliss-reactive ketones (excluding diaryl/α,β-unsaturated/α-hetero) is 4. The second-order valence-electron chi connectivity index (χ2n) is 38.5. The number of carbonyl (C=O) groups is 4. The Labute approximate surface area is 821 Å². The molecule has 0 amide bonds. The molecule has 18 aromatic rings. The van der Waals surface area contributed by atoms with Gasteiger partial charge in [0, 0.05) is 97.7 Å². The van der Waals surface area contributed by atoms with Crippen LogP contribution in [0.2, 0.25) is 0 Å². The Morgan fingerprint density at radius 3 is 0.691 bits per heavy atom. The third kappa shape index (κ3) is 19.5. The maximum atomic E-state index is 12.6. The zero-order valence-electron chi connectivity index (χ0n) is 81.7. The zero-order valence-corrected chi connectivity index (χ0v) is 81.7. The lowest BCUT2D eigenvalue weighted by atomic mass is 9.73. The number of anilines is 9. The molecule has 0 radical (unpaired) electrons. The van der Waals surface area contributed by atoms with Crippen LogP contribution in [0.3, 0.4) is 0 Å². The first kappa shape index (κ1) is 94.0. The van der Waals surface area contributed by atoms with Gasteiger partial charge in [0.1, 0.15) is 0 Å². The first-order chi connectivity index (χ1) is 67.7. The van der Waals surface area contributed by atoms with E-state index < -0.39 is 0 Å². The van der Waals surface area contributed by atoms with Gasteiger partial charge in [0.25, 0.3) is 0 Å². The summed E-state index contributed by atoms with van der Waals surface area (Å²) >= 11 is 0. The predicted octanol–water partition coefficient (Wildman–Crippen LogP) is 36.0. The van der Waals surface area contributed by atoms with Crippen LogP contribution in [0, 0.1) is 0 Å². The smallest absolute Gasteiger partial charge is 0.162 e. The summed E-state index contributed by atoms with van der Waals surface area (Å²) in [4.78, 5) is 57.2. The van der Waals surface area contributed by atoms with Gasteiger partial charge in [-0.15, -0.1) is 0 Å². The Bertz CT molecular complexity index is 7280. The summed E-state index contributed by atoms with van der Waals surface area (Å²) in [6.45, 7) is 22.3. The molecule has 0 N–H and O–H groups in total. The normalized spacial score (nSPS) is 13.1. The van der Waals surface area contributed by atoms with Crippen LogP contribution >= 0.6 is 0 Å². The lowest BCUT2D eigenvalue weighted by Crippen LogP contribution is -2.30. The van der Waals surface area contributed by atoms with Crippen LogP contribution in [0.1, 0.15) is 221 Å². The molecule has 17 aromatic carbocycles. The lowest BCUT2D eigenvalue weighted by molar-refractivity contribution is 0.0972. The highest BCUT2D eigenvalue weighted by Gasteiger charge is 2.40. The summed E-state index contributed by atoms with van der Waals surface area (Å²) in [7, 11) is 0. The number of carbonyl (C=O) groups excluding carboxylic acids is 4. The van der Waals surface area contributed by atoms with Gasteiger partial charge in [0.05, 0.1) is 45.2 Å². The number of hydrogen-bond donors (Lipinski definition) is 0. The molecule has 8 nitrogen and oxygen atoms in total. The summed E-state index contributed by atoms with van der Waals surface area (Å²) in [5, 5.41) is 2.54. The van der Waals surface area contributed by atoms with E-state index in [1.165, 1.54) is 112 Å². The lowest BCUT2D eigenvalue weighted by Gasteiger charge is -2.42. The summed E-state index contributed by atoms with van der Waals surface area (Å²) < 4.78 is 2.34. The van der Waals surface area contributed by atoms with Gasteiger partial charge in [-0.25, -0.2) is 0 Å². The molecule has 0 fully saturated rings. The molecule has 0 bridgehead atoms. The van der Waals surface area contributed by atoms with Crippen LogP contribution in [0.4, 0.5) is 51.2 Å². The van der Waals surface area contributed by atoms with Gasteiger partial charge in [-0.3, -0.25) is 19.2 Å². The molecule has 3 aliphatic rings. The monoisotopic (exact) mass is 1810 g/mol. The van der Waals surface area contributed by atoms with E-state index in [4.69, 9.17) is 0 Å². The minimum absolute atomic E-state index is 0.0611. The Morgan fingerprint density at radius 2 is 0.417 bits per heavy atom. The van der Waals surface area contributed by atoms with Crippen molar-refractivity contribution in [2.24, 2.45) is 0 Å². The van der Waals surface area contributed by atoms with Crippen molar-refractivity contribution in [2.75, 3.05) is 14.7 Å². The Hall–Kier alpha value is -15.4. The van der Waals surface area contributed by atoms with Gasteiger partial charge in [0.15, 0.2) is 23.1 Å². The van der Waals surface area contributed by atoms with Crippen LogP contribution in [-0.2, 0) is 16.2 Å². The number of nitrogens with zero attached hydrogens (tertiary/aromatic N) is 4. The predicted molar refractivity (Wildman–Crippen MR) is 583 cm³/mol. The molecule has 139 heavy (non-hydrogen) atoms. The van der Waals surface area contributed by atoms with Gasteiger partial charge >= 0.3 is 0 Å². The summed E-state index contributed by atoms with van der Waals surface area (Å²) in [5.41, 5.74) is 36.5. The maximum absolute atomic E-state index is 12.6. The molecule has 0 unspecified atom stereocenters. The van der Waals surface area contributed by atoms with E-state index in [0.717, 1.165) is 130 Å². The molecule has 3 aliphatic heterocycles. The first-order valence-electron chi connectivity index (χ1n) is 49.8. The summed E-state index contributed by atoms with van der Waals surface area (Å²) in [5.74, 6) is 0.902. The Morgan fingerprint density at radius 1 is 0.201 bits per heavy atom. The number of rotatable bonds is 25. The fraction of sp³-hybridized carbons (Fsp3) is 0.191. The van der Waals surface area contributed by atoms with Crippen LogP contribution in [0.25, 0.3) is 83.1 Å². The third-order valence-electron chi connectivity index (χ3n) is 28.3. The molecule has 0 aliphatic carbocycles. The van der Waals surface area contributed by atoms with E-state index in [1.54, 1.807) is 0 Å². The van der Waals surface area contributed by atoms with Gasteiger partial charge in [-0.1, -0.05) is 392 Å². The molecule has 0 atom stereocenters. The number of fused-ring (bicyclic) bond motifs is 9. The standard InChI is InChI=1S/C38H35NO.C35H29NO.C32H31NO.C26H27NO/c1-4-5-17-37(40)31-12-10-11-30(26-31)29-20-18-27(19-21-29)28-22-24-32(25-23-28)39-35-15-8-6-13-33(35)38(2,3)34-14-7-9-16-36(34)39;1-2-3-15-35(37)29-10-8-9-28(24-29)27-18-16-25(17-19-27)26-20-22-30(23-21-26)36-33-13-6-4-11-31(33)32-12-5-7-14-34(32)36;1-4-5-17-31(34)25-12-10-11-24(22-25)23-18-20-26(21-19-23)33-29-15-8-6-13-27(29)32(2,3)28-14-7-9-16-30(28)33;1-4-5-17-25(28)19-11-10-12-20(18-19)27-23-15-8-6-13-21(23)26(2,3)22-14-7-9-16-24(22)27/h6-16,18-26H,4-5,17H2,1-3H3;4-14,16-24H,2-3,15H2,1H3;6-16,18-22H,4-5,17H2,1-3H3;6-16,18H,4-5,17H2,1-3H3. The highest BCUT2D eigenvalue weighted by Crippen LogP contribution is 2.56. The minimum Gasteiger partial charge on any atom is -0.310 e. The largest absolute Gasteiger partial charge is 0.310 e. The zero-order chi connectivity index (χ0) is 96.3. The Kier molecular flexibility index (Phi) is 28.2. The van der Waals surface area contributed by atoms with Gasteiger partial charge in [-0.2, -0.15) is 0 Å². The SMILES string of the molecule is CCCCC(=O)c1cccc(-c2ccc(-c3ccc(-n4c5ccccc5c5ccccc54)cc3)cc2)c1.CCCCC(=O)c1cccc(-c2ccc(-c3ccc(N4c5ccccc5C(C)(C)c5ccccc54)cc3)cc2)c1.CCCCC(=O)c1cccc(-c2ccc(N3c4ccccc4C(C)(C)c4ccccc43)cc2)c1.CCCCC(=O)c1cccc(N2c3ccccc3C(C)(C)c3ccccc32)c1.